The summed E-state index contributed by atoms with van der Waals surface area (Å²) in [6, 6.07) is 0. The monoisotopic (exact) mass is 410 g/mol. The van der Waals surface area contributed by atoms with Crippen molar-refractivity contribution in [2.24, 2.45) is 11.3 Å². The zero-order valence-electron chi connectivity index (χ0n) is 18.2. The summed E-state index contributed by atoms with van der Waals surface area (Å²) in [6.45, 7) is 5.03. The number of rotatable bonds is 17. The molecule has 0 aliphatic carbocycles. The van der Waals surface area contributed by atoms with Crippen LogP contribution in [-0.4, -0.2) is 39.1 Å². The fourth-order valence-electron chi connectivity index (χ4n) is 3.79. The second kappa shape index (κ2) is 15.0. The largest absolute Gasteiger partial charge is 0.481 e. The molecule has 0 fully saturated rings. The molecule has 0 aliphatic rings. The van der Waals surface area contributed by atoms with E-state index in [0.29, 0.717) is 44.9 Å². The van der Waals surface area contributed by atoms with Crippen LogP contribution in [0.4, 0.5) is 0 Å². The Kier molecular flexibility index (Phi) is 14.1. The maximum absolute atomic E-state index is 12.5. The van der Waals surface area contributed by atoms with Crippen molar-refractivity contribution in [3.8, 4) is 11.8 Å². The molecule has 3 atom stereocenters. The van der Waals surface area contributed by atoms with Gasteiger partial charge in [0, 0.05) is 12.3 Å². The number of aliphatic hydroxyl groups is 1. The standard InChI is InChI=1S/C23H38O6/c1-4-6-9-13-20(25)16-15-19(12-5-2)23(18(3)24,22(28)29)17-11-8-7-10-14-21(26)27/h19-20,25H,4,6-11,13-17H2,1-3H3,(H,26,27)(H,28,29). The maximum Gasteiger partial charge on any atom is 0.318 e. The molecule has 0 saturated carbocycles. The van der Waals surface area contributed by atoms with Crippen LogP contribution in [0.25, 0.3) is 0 Å². The van der Waals surface area contributed by atoms with Gasteiger partial charge in [0.05, 0.1) is 6.10 Å². The zero-order chi connectivity index (χ0) is 22.3. The highest BCUT2D eigenvalue weighted by atomic mass is 16.4. The molecule has 0 radical (unpaired) electrons. The Morgan fingerprint density at radius 2 is 1.59 bits per heavy atom. The number of carbonyl (C=O) groups is 3. The molecule has 166 valence electrons. The molecule has 0 aromatic rings. The van der Waals surface area contributed by atoms with E-state index in [4.69, 9.17) is 5.11 Å². The van der Waals surface area contributed by atoms with Crippen molar-refractivity contribution in [2.45, 2.75) is 104 Å². The highest BCUT2D eigenvalue weighted by molar-refractivity contribution is 6.02. The van der Waals surface area contributed by atoms with E-state index in [1.54, 1.807) is 6.92 Å². The molecule has 3 N–H and O–H groups in total. The molecule has 0 bridgehead atoms. The Labute approximate surface area is 175 Å². The quantitative estimate of drug-likeness (QED) is 0.186. The maximum atomic E-state index is 12.5. The molecule has 3 unspecified atom stereocenters. The van der Waals surface area contributed by atoms with E-state index in [2.05, 4.69) is 18.8 Å². The van der Waals surface area contributed by atoms with E-state index in [9.17, 15) is 24.6 Å². The summed E-state index contributed by atoms with van der Waals surface area (Å²) in [7, 11) is 0. The third kappa shape index (κ3) is 9.94. The number of Topliss-reactive ketones (excluding diaryl/α,β-unsaturated/α-hetero) is 1. The minimum absolute atomic E-state index is 0.0939. The van der Waals surface area contributed by atoms with Crippen molar-refractivity contribution in [3.63, 3.8) is 0 Å². The number of hydrogen-bond acceptors (Lipinski definition) is 4. The van der Waals surface area contributed by atoms with Crippen LogP contribution in [0.15, 0.2) is 0 Å². The molecule has 6 heteroatoms. The number of carboxylic acid groups (broad SMARTS) is 2. The van der Waals surface area contributed by atoms with Crippen LogP contribution in [0.3, 0.4) is 0 Å². The SMILES string of the molecule is CC#CC(CCC(O)CCCCC)C(CCCCCCC(=O)O)(C(C)=O)C(=O)O. The summed E-state index contributed by atoms with van der Waals surface area (Å²) in [4.78, 5) is 35.3. The number of unbranched alkanes of at least 4 members (excludes halogenated alkanes) is 5. The lowest BCUT2D eigenvalue weighted by Gasteiger charge is -2.33. The van der Waals surface area contributed by atoms with Gasteiger partial charge >= 0.3 is 11.9 Å². The second-order valence-corrected chi connectivity index (χ2v) is 7.81. The first-order valence-electron chi connectivity index (χ1n) is 10.8. The van der Waals surface area contributed by atoms with E-state index in [0.717, 1.165) is 19.3 Å². The summed E-state index contributed by atoms with van der Waals surface area (Å²) >= 11 is 0. The van der Waals surface area contributed by atoms with Gasteiger partial charge in [-0.15, -0.1) is 5.92 Å². The number of hydrogen-bond donors (Lipinski definition) is 3. The van der Waals surface area contributed by atoms with Crippen LogP contribution in [0.2, 0.25) is 0 Å². The van der Waals surface area contributed by atoms with Gasteiger partial charge in [0.2, 0.25) is 0 Å². The lowest BCUT2D eigenvalue weighted by Crippen LogP contribution is -2.44. The summed E-state index contributed by atoms with van der Waals surface area (Å²) in [5.74, 6) is 2.63. The van der Waals surface area contributed by atoms with Crippen LogP contribution in [-0.2, 0) is 14.4 Å². The second-order valence-electron chi connectivity index (χ2n) is 7.81. The fraction of sp³-hybridized carbons (Fsp3) is 0.783. The van der Waals surface area contributed by atoms with Gasteiger partial charge in [-0.3, -0.25) is 14.4 Å². The average molecular weight is 411 g/mol. The predicted molar refractivity (Wildman–Crippen MR) is 112 cm³/mol. The lowest BCUT2D eigenvalue weighted by molar-refractivity contribution is -0.158. The Morgan fingerprint density at radius 3 is 2.10 bits per heavy atom. The van der Waals surface area contributed by atoms with Crippen molar-refractivity contribution in [2.75, 3.05) is 0 Å². The number of carbonyl (C=O) groups excluding carboxylic acids is 1. The van der Waals surface area contributed by atoms with Gasteiger partial charge in [-0.2, -0.15) is 0 Å². The minimum Gasteiger partial charge on any atom is -0.481 e. The molecule has 0 aromatic heterocycles. The Morgan fingerprint density at radius 1 is 0.931 bits per heavy atom. The van der Waals surface area contributed by atoms with Gasteiger partial charge in [-0.05, 0) is 46.0 Å². The van der Waals surface area contributed by atoms with Gasteiger partial charge in [0.25, 0.3) is 0 Å². The van der Waals surface area contributed by atoms with Gasteiger partial charge in [-0.25, -0.2) is 0 Å². The molecule has 0 rings (SSSR count). The fourth-order valence-corrected chi connectivity index (χ4v) is 3.79. The summed E-state index contributed by atoms with van der Waals surface area (Å²) in [5.41, 5.74) is -1.58. The smallest absolute Gasteiger partial charge is 0.318 e. The highest BCUT2D eigenvalue weighted by Gasteiger charge is 2.49. The zero-order valence-corrected chi connectivity index (χ0v) is 18.2. The minimum atomic E-state index is -1.58. The van der Waals surface area contributed by atoms with Crippen LogP contribution in [0.1, 0.15) is 97.8 Å². The predicted octanol–water partition coefficient (Wildman–Crippen LogP) is 4.43. The Bertz CT molecular complexity index is 558. The number of aliphatic carboxylic acids is 2. The molecule has 0 aliphatic heterocycles. The van der Waals surface area contributed by atoms with Gasteiger partial charge in [0.15, 0.2) is 0 Å². The number of carboxylic acids is 2. The molecule has 0 saturated heterocycles. The molecule has 29 heavy (non-hydrogen) atoms. The van der Waals surface area contributed by atoms with Gasteiger partial charge < -0.3 is 15.3 Å². The van der Waals surface area contributed by atoms with Gasteiger partial charge in [-0.1, -0.05) is 51.4 Å². The molecule has 0 amide bonds. The van der Waals surface area contributed by atoms with Crippen LogP contribution < -0.4 is 0 Å². The molecule has 0 heterocycles. The van der Waals surface area contributed by atoms with E-state index < -0.39 is 35.2 Å². The van der Waals surface area contributed by atoms with Crippen LogP contribution in [0, 0.1) is 23.2 Å². The van der Waals surface area contributed by atoms with Crippen LogP contribution >= 0.6 is 0 Å². The van der Waals surface area contributed by atoms with Crippen molar-refractivity contribution in [1.82, 2.24) is 0 Å². The Hall–Kier alpha value is -1.87. The van der Waals surface area contributed by atoms with E-state index in [1.807, 2.05) is 0 Å². The van der Waals surface area contributed by atoms with Crippen molar-refractivity contribution >= 4 is 17.7 Å². The molecular weight excluding hydrogens is 372 g/mol. The van der Waals surface area contributed by atoms with Crippen LogP contribution in [0.5, 0.6) is 0 Å². The van der Waals surface area contributed by atoms with E-state index in [1.165, 1.54) is 6.92 Å². The third-order valence-electron chi connectivity index (χ3n) is 5.56. The summed E-state index contributed by atoms with van der Waals surface area (Å²) in [5, 5.41) is 28.9. The van der Waals surface area contributed by atoms with Crippen molar-refractivity contribution < 1.29 is 29.7 Å². The molecule has 6 nitrogen and oxygen atoms in total. The first-order chi connectivity index (χ1) is 13.7. The van der Waals surface area contributed by atoms with Crippen molar-refractivity contribution in [3.05, 3.63) is 0 Å². The number of ketones is 1. The third-order valence-corrected chi connectivity index (χ3v) is 5.56. The van der Waals surface area contributed by atoms with Gasteiger partial charge in [0.1, 0.15) is 11.2 Å². The molecular formula is C23H38O6. The average Bonchev–Trinajstić information content (AvgIpc) is 2.64. The van der Waals surface area contributed by atoms with E-state index >= 15 is 0 Å². The molecule has 0 aromatic carbocycles. The normalized spacial score (nSPS) is 14.9. The summed E-state index contributed by atoms with van der Waals surface area (Å²) < 4.78 is 0. The highest BCUT2D eigenvalue weighted by Crippen LogP contribution is 2.38. The topological polar surface area (TPSA) is 112 Å². The molecule has 0 spiro atoms. The summed E-state index contributed by atoms with van der Waals surface area (Å²) in [6.07, 6.45) is 6.65. The van der Waals surface area contributed by atoms with E-state index in [-0.39, 0.29) is 12.8 Å². The first kappa shape index (κ1) is 27.1. The number of aliphatic hydroxyl groups excluding tert-OH is 1. The first-order valence-corrected chi connectivity index (χ1v) is 10.8. The lowest BCUT2D eigenvalue weighted by atomic mass is 9.67. The Balaban J connectivity index is 5.12. The van der Waals surface area contributed by atoms with Crippen molar-refractivity contribution in [1.29, 1.82) is 0 Å².